The van der Waals surface area contributed by atoms with Crippen molar-refractivity contribution in [3.8, 4) is 5.75 Å². The first-order chi connectivity index (χ1) is 13.2. The molecule has 3 rings (SSSR count). The maximum Gasteiger partial charge on any atom is 0.242 e. The number of rotatable bonds is 5. The van der Waals surface area contributed by atoms with E-state index in [1.54, 1.807) is 67.7 Å². The zero-order valence-electron chi connectivity index (χ0n) is 16.1. The molecule has 0 saturated carbocycles. The van der Waals surface area contributed by atoms with Gasteiger partial charge in [0.05, 0.1) is 23.4 Å². The fourth-order valence-corrected chi connectivity index (χ4v) is 3.66. The van der Waals surface area contributed by atoms with Crippen LogP contribution < -0.4 is 9.75 Å². The molecule has 0 N–H and O–H groups in total. The number of nitrogens with zero attached hydrogens (tertiary/aromatic N) is 3. The van der Waals surface area contributed by atoms with Gasteiger partial charge in [-0.25, -0.2) is 12.7 Å². The van der Waals surface area contributed by atoms with E-state index in [0.717, 1.165) is 0 Å². The van der Waals surface area contributed by atoms with Gasteiger partial charge in [-0.3, -0.25) is 9.80 Å². The summed E-state index contributed by atoms with van der Waals surface area (Å²) in [6.45, 7) is 0. The number of methoxy groups -OCH3 is 1. The lowest BCUT2D eigenvalue weighted by atomic mass is 9.94. The second-order valence-electron chi connectivity index (χ2n) is 6.40. The summed E-state index contributed by atoms with van der Waals surface area (Å²) in [7, 11) is 2.81. The van der Waals surface area contributed by atoms with E-state index in [1.165, 1.54) is 24.5 Å². The number of sulfonamides is 1. The molecule has 1 aliphatic rings. The third-order valence-corrected chi connectivity index (χ3v) is 6.24. The number of hydrogen-bond donors (Lipinski definition) is 0. The molecule has 0 heterocycles. The minimum Gasteiger partial charge on any atom is -0.497 e. The normalized spacial score (nSPS) is 15.0. The Labute approximate surface area is 164 Å². The molecule has 0 bridgehead atoms. The van der Waals surface area contributed by atoms with Crippen molar-refractivity contribution in [2.45, 2.75) is 4.90 Å². The Morgan fingerprint density at radius 1 is 0.929 bits per heavy atom. The lowest BCUT2D eigenvalue weighted by molar-refractivity contribution is 0.104. The van der Waals surface area contributed by atoms with Crippen molar-refractivity contribution in [1.82, 2.24) is 4.31 Å². The fourth-order valence-electron chi connectivity index (χ4n) is 2.76. The van der Waals surface area contributed by atoms with Crippen molar-refractivity contribution in [2.24, 2.45) is 5.10 Å². The van der Waals surface area contributed by atoms with Gasteiger partial charge >= 0.3 is 0 Å². The highest BCUT2D eigenvalue weighted by Gasteiger charge is 2.20. The van der Waals surface area contributed by atoms with Gasteiger partial charge in [-0.2, -0.15) is 5.10 Å². The van der Waals surface area contributed by atoms with E-state index in [1.807, 2.05) is 0 Å². The molecule has 8 heteroatoms. The van der Waals surface area contributed by atoms with E-state index < -0.39 is 10.0 Å². The quantitative estimate of drug-likeness (QED) is 0.722. The molecule has 0 aromatic heterocycles. The number of hydrogen-bond acceptors (Lipinski definition) is 6. The maximum absolute atomic E-state index is 12.2. The van der Waals surface area contributed by atoms with E-state index in [2.05, 4.69) is 5.10 Å². The number of ether oxygens (including phenoxy) is 1. The topological polar surface area (TPSA) is 79.3 Å². The standard InChI is InChI=1S/C20H21N3O4S/c1-22(2)28(25,26)16-8-5-14(6-9-16)23(3)21-19-11-12-20(24)18-13-15(27-4)7-10-17(18)19/h5-13H,1-4H3/b21-19+. The van der Waals surface area contributed by atoms with Crippen molar-refractivity contribution in [2.75, 3.05) is 33.3 Å². The number of benzene rings is 2. The van der Waals surface area contributed by atoms with Gasteiger partial charge in [-0.1, -0.05) is 0 Å². The largest absolute Gasteiger partial charge is 0.497 e. The van der Waals surface area contributed by atoms with Crippen LogP contribution in [0.15, 0.2) is 64.6 Å². The van der Waals surface area contributed by atoms with Crippen LogP contribution in [-0.2, 0) is 10.0 Å². The Hall–Kier alpha value is -2.97. The molecular weight excluding hydrogens is 378 g/mol. The third kappa shape index (κ3) is 3.69. The Balaban J connectivity index is 1.92. The van der Waals surface area contributed by atoms with E-state index in [9.17, 15) is 13.2 Å². The van der Waals surface area contributed by atoms with Crippen LogP contribution in [0, 0.1) is 0 Å². The molecule has 28 heavy (non-hydrogen) atoms. The molecule has 0 aliphatic heterocycles. The first kappa shape index (κ1) is 19.8. The van der Waals surface area contributed by atoms with Gasteiger partial charge < -0.3 is 4.74 Å². The zero-order valence-corrected chi connectivity index (χ0v) is 16.9. The van der Waals surface area contributed by atoms with Gasteiger partial charge in [0.2, 0.25) is 10.0 Å². The Morgan fingerprint density at radius 3 is 2.21 bits per heavy atom. The van der Waals surface area contributed by atoms with Crippen molar-refractivity contribution in [3.05, 3.63) is 65.7 Å². The lowest BCUT2D eigenvalue weighted by Crippen LogP contribution is -2.22. The van der Waals surface area contributed by atoms with Crippen LogP contribution in [0.2, 0.25) is 0 Å². The molecule has 2 aromatic rings. The highest BCUT2D eigenvalue weighted by molar-refractivity contribution is 7.89. The average molecular weight is 399 g/mol. The summed E-state index contributed by atoms with van der Waals surface area (Å²) in [6, 6.07) is 11.7. The van der Waals surface area contributed by atoms with Crippen molar-refractivity contribution >= 4 is 27.2 Å². The monoisotopic (exact) mass is 399 g/mol. The van der Waals surface area contributed by atoms with Gasteiger partial charge in [0.15, 0.2) is 5.78 Å². The Bertz CT molecular complexity index is 1070. The lowest BCUT2D eigenvalue weighted by Gasteiger charge is -2.19. The summed E-state index contributed by atoms with van der Waals surface area (Å²) >= 11 is 0. The molecule has 0 unspecified atom stereocenters. The number of allylic oxidation sites excluding steroid dienone is 2. The Morgan fingerprint density at radius 2 is 1.61 bits per heavy atom. The average Bonchev–Trinajstić information content (AvgIpc) is 2.69. The summed E-state index contributed by atoms with van der Waals surface area (Å²) in [5, 5.41) is 6.21. The molecule has 0 atom stereocenters. The van der Waals surface area contributed by atoms with Gasteiger partial charge in [0.25, 0.3) is 0 Å². The second-order valence-corrected chi connectivity index (χ2v) is 8.55. The summed E-state index contributed by atoms with van der Waals surface area (Å²) in [6.07, 6.45) is 3.14. The van der Waals surface area contributed by atoms with Gasteiger partial charge in [0.1, 0.15) is 5.75 Å². The van der Waals surface area contributed by atoms with Crippen molar-refractivity contribution < 1.29 is 17.9 Å². The molecule has 1 aliphatic carbocycles. The number of fused-ring (bicyclic) bond motifs is 1. The molecule has 2 aromatic carbocycles. The molecule has 0 fully saturated rings. The highest BCUT2D eigenvalue weighted by atomic mass is 32.2. The SMILES string of the molecule is COc1ccc2c(c1)C(=O)C=C/C2=N\N(C)c1ccc(S(=O)(=O)N(C)C)cc1. The van der Waals surface area contributed by atoms with E-state index in [4.69, 9.17) is 4.74 Å². The summed E-state index contributed by atoms with van der Waals surface area (Å²) in [5.41, 5.74) is 2.59. The number of carbonyl (C=O) groups excluding carboxylic acids is 1. The molecular formula is C20H21N3O4S. The minimum absolute atomic E-state index is 0.103. The van der Waals surface area contributed by atoms with Crippen molar-refractivity contribution in [1.29, 1.82) is 0 Å². The molecule has 0 saturated heterocycles. The highest BCUT2D eigenvalue weighted by Crippen LogP contribution is 2.24. The second kappa shape index (κ2) is 7.57. The molecule has 0 amide bonds. The van der Waals surface area contributed by atoms with Crippen LogP contribution in [0.1, 0.15) is 15.9 Å². The summed E-state index contributed by atoms with van der Waals surface area (Å²) in [4.78, 5) is 12.4. The number of hydrazone groups is 1. The maximum atomic E-state index is 12.2. The van der Waals surface area contributed by atoms with Crippen LogP contribution in [0.5, 0.6) is 5.75 Å². The third-order valence-electron chi connectivity index (χ3n) is 4.41. The van der Waals surface area contributed by atoms with Crippen LogP contribution >= 0.6 is 0 Å². The van der Waals surface area contributed by atoms with E-state index in [-0.39, 0.29) is 10.7 Å². The predicted molar refractivity (Wildman–Crippen MR) is 109 cm³/mol. The summed E-state index contributed by atoms with van der Waals surface area (Å²) in [5.74, 6) is 0.501. The number of carbonyl (C=O) groups is 1. The van der Waals surface area contributed by atoms with E-state index >= 15 is 0 Å². The van der Waals surface area contributed by atoms with Crippen LogP contribution in [0.25, 0.3) is 0 Å². The first-order valence-electron chi connectivity index (χ1n) is 8.50. The Kier molecular flexibility index (Phi) is 5.35. The van der Waals surface area contributed by atoms with Gasteiger partial charge in [-0.15, -0.1) is 0 Å². The van der Waals surface area contributed by atoms with Crippen LogP contribution in [-0.4, -0.2) is 52.5 Å². The van der Waals surface area contributed by atoms with Gasteiger partial charge in [-0.05, 0) is 54.6 Å². The van der Waals surface area contributed by atoms with Crippen LogP contribution in [0.3, 0.4) is 0 Å². The molecule has 146 valence electrons. The minimum atomic E-state index is -3.48. The molecule has 0 radical (unpaired) electrons. The van der Waals surface area contributed by atoms with E-state index in [0.29, 0.717) is 28.3 Å². The smallest absolute Gasteiger partial charge is 0.242 e. The summed E-state index contributed by atoms with van der Waals surface area (Å²) < 4.78 is 30.7. The van der Waals surface area contributed by atoms with Gasteiger partial charge in [0, 0.05) is 32.3 Å². The van der Waals surface area contributed by atoms with Crippen molar-refractivity contribution in [3.63, 3.8) is 0 Å². The number of ketones is 1. The molecule has 7 nitrogen and oxygen atoms in total. The van der Waals surface area contributed by atoms with Crippen LogP contribution in [0.4, 0.5) is 5.69 Å². The fraction of sp³-hybridized carbons (Fsp3) is 0.200. The first-order valence-corrected chi connectivity index (χ1v) is 9.94. The number of anilines is 1. The predicted octanol–water partition coefficient (Wildman–Crippen LogP) is 2.54. The molecule has 0 spiro atoms. The zero-order chi connectivity index (χ0) is 20.5.